The van der Waals surface area contributed by atoms with E-state index in [1.165, 1.54) is 6.42 Å². The SMILES string of the molecule is CN[NH+]([O-])c1ccc(N2CCOc3cc(C(=O)N4CCCCC4)cnc32)c(C)c1. The molecule has 2 aromatic rings. The summed E-state index contributed by atoms with van der Waals surface area (Å²) >= 11 is 0. The first-order chi connectivity index (χ1) is 14.1. The first kappa shape index (κ1) is 19.6. The summed E-state index contributed by atoms with van der Waals surface area (Å²) in [5.41, 5.74) is 5.80. The number of benzene rings is 1. The monoisotopic (exact) mass is 397 g/mol. The average molecular weight is 397 g/mol. The van der Waals surface area contributed by atoms with Crippen molar-refractivity contribution in [3.05, 3.63) is 46.8 Å². The van der Waals surface area contributed by atoms with Crippen LogP contribution in [0.4, 0.5) is 17.2 Å². The third-order valence-corrected chi connectivity index (χ3v) is 5.53. The first-order valence-corrected chi connectivity index (χ1v) is 10.1. The van der Waals surface area contributed by atoms with Crippen molar-refractivity contribution in [2.45, 2.75) is 26.2 Å². The molecule has 4 rings (SSSR count). The minimum atomic E-state index is -0.110. The number of anilines is 2. The number of ether oxygens (including phenoxy) is 1. The second kappa shape index (κ2) is 8.36. The van der Waals surface area contributed by atoms with Crippen molar-refractivity contribution in [1.29, 1.82) is 0 Å². The summed E-state index contributed by atoms with van der Waals surface area (Å²) in [5, 5.41) is 11.8. The second-order valence-corrected chi connectivity index (χ2v) is 7.48. The van der Waals surface area contributed by atoms with E-state index in [2.05, 4.69) is 15.3 Å². The fourth-order valence-electron chi connectivity index (χ4n) is 3.97. The molecule has 1 aromatic carbocycles. The van der Waals surface area contributed by atoms with Gasteiger partial charge in [-0.15, -0.1) is 0 Å². The Labute approximate surface area is 170 Å². The van der Waals surface area contributed by atoms with Crippen LogP contribution < -0.4 is 20.2 Å². The maximum Gasteiger partial charge on any atom is 0.255 e. The van der Waals surface area contributed by atoms with Gasteiger partial charge in [-0.2, -0.15) is 5.43 Å². The minimum Gasteiger partial charge on any atom is -0.608 e. The number of carbonyl (C=O) groups is 1. The van der Waals surface area contributed by atoms with Crippen LogP contribution in [0, 0.1) is 12.1 Å². The highest BCUT2D eigenvalue weighted by molar-refractivity contribution is 5.95. The Morgan fingerprint density at radius 1 is 1.21 bits per heavy atom. The number of rotatable bonds is 4. The number of amides is 1. The zero-order valence-corrected chi connectivity index (χ0v) is 16.9. The van der Waals surface area contributed by atoms with Crippen molar-refractivity contribution >= 4 is 23.1 Å². The number of hydrogen-bond acceptors (Lipinski definition) is 6. The van der Waals surface area contributed by atoms with Gasteiger partial charge in [0.15, 0.2) is 17.3 Å². The maximum absolute atomic E-state index is 12.8. The number of fused-ring (bicyclic) bond motifs is 1. The molecule has 2 aliphatic heterocycles. The number of nitrogens with zero attached hydrogens (tertiary/aromatic N) is 3. The molecule has 2 aliphatic rings. The molecule has 0 bridgehead atoms. The molecular formula is C21H27N5O3. The molecule has 0 aliphatic carbocycles. The van der Waals surface area contributed by atoms with Gasteiger partial charge in [0.2, 0.25) is 0 Å². The number of piperidine rings is 1. The molecule has 0 spiro atoms. The first-order valence-electron chi connectivity index (χ1n) is 10.1. The van der Waals surface area contributed by atoms with Gasteiger partial charge in [0, 0.05) is 44.2 Å². The lowest BCUT2D eigenvalue weighted by molar-refractivity contribution is -0.825. The molecule has 1 fully saturated rings. The predicted octanol–water partition coefficient (Wildman–Crippen LogP) is 1.70. The number of pyridine rings is 1. The summed E-state index contributed by atoms with van der Waals surface area (Å²) in [7, 11) is 1.62. The Balaban J connectivity index is 1.61. The number of hydrogen-bond donors (Lipinski definition) is 2. The average Bonchev–Trinajstić information content (AvgIpc) is 2.78. The van der Waals surface area contributed by atoms with Crippen molar-refractivity contribution in [2.24, 2.45) is 0 Å². The molecular weight excluding hydrogens is 370 g/mol. The van der Waals surface area contributed by atoms with Gasteiger partial charge in [-0.25, -0.2) is 4.98 Å². The molecule has 8 nitrogen and oxygen atoms in total. The van der Waals surface area contributed by atoms with E-state index in [1.54, 1.807) is 19.3 Å². The smallest absolute Gasteiger partial charge is 0.255 e. The van der Waals surface area contributed by atoms with E-state index in [0.717, 1.165) is 37.2 Å². The van der Waals surface area contributed by atoms with Gasteiger partial charge in [0.05, 0.1) is 12.1 Å². The quantitative estimate of drug-likeness (QED) is 0.764. The van der Waals surface area contributed by atoms with Crippen LogP contribution in [-0.2, 0) is 0 Å². The fraction of sp³-hybridized carbons (Fsp3) is 0.429. The highest BCUT2D eigenvalue weighted by atomic mass is 16.5. The Bertz CT molecular complexity index is 898. The third-order valence-electron chi connectivity index (χ3n) is 5.53. The van der Waals surface area contributed by atoms with Crippen LogP contribution in [0.15, 0.2) is 30.5 Å². The third kappa shape index (κ3) is 3.91. The largest absolute Gasteiger partial charge is 0.608 e. The Morgan fingerprint density at radius 2 is 2.00 bits per heavy atom. The normalized spacial score (nSPS) is 17.5. The number of nitrogens with one attached hydrogen (secondary N) is 2. The molecule has 1 saturated heterocycles. The van der Waals surface area contributed by atoms with Crippen LogP contribution in [-0.4, -0.2) is 49.1 Å². The van der Waals surface area contributed by atoms with E-state index in [1.807, 2.05) is 30.0 Å². The molecule has 0 saturated carbocycles. The van der Waals surface area contributed by atoms with E-state index < -0.39 is 0 Å². The predicted molar refractivity (Wildman–Crippen MR) is 111 cm³/mol. The van der Waals surface area contributed by atoms with Gasteiger partial charge in [0.25, 0.3) is 5.91 Å². The summed E-state index contributed by atoms with van der Waals surface area (Å²) in [6.45, 7) is 4.75. The molecule has 1 amide bonds. The highest BCUT2D eigenvalue weighted by Crippen LogP contribution is 2.37. The molecule has 1 atom stereocenters. The maximum atomic E-state index is 12.8. The lowest BCUT2D eigenvalue weighted by Crippen LogP contribution is -3.09. The molecule has 8 heteroatoms. The number of aromatic nitrogens is 1. The van der Waals surface area contributed by atoms with Crippen LogP contribution in [0.3, 0.4) is 0 Å². The minimum absolute atomic E-state index is 0.0202. The van der Waals surface area contributed by atoms with Crippen LogP contribution in [0.1, 0.15) is 35.2 Å². The molecule has 1 aromatic heterocycles. The van der Waals surface area contributed by atoms with E-state index in [-0.39, 0.29) is 11.1 Å². The van der Waals surface area contributed by atoms with Gasteiger partial charge >= 0.3 is 0 Å². The number of aryl methyl sites for hydroxylation is 1. The van der Waals surface area contributed by atoms with Crippen molar-refractivity contribution in [2.75, 3.05) is 38.2 Å². The Kier molecular flexibility index (Phi) is 5.66. The van der Waals surface area contributed by atoms with Crippen molar-refractivity contribution in [1.82, 2.24) is 15.3 Å². The number of carbonyl (C=O) groups excluding carboxylic acids is 1. The zero-order valence-electron chi connectivity index (χ0n) is 16.9. The van der Waals surface area contributed by atoms with Gasteiger partial charge in [-0.3, -0.25) is 9.97 Å². The van der Waals surface area contributed by atoms with E-state index in [9.17, 15) is 10.0 Å². The lowest BCUT2D eigenvalue weighted by atomic mass is 10.1. The zero-order chi connectivity index (χ0) is 20.4. The molecule has 1 unspecified atom stereocenters. The summed E-state index contributed by atoms with van der Waals surface area (Å²) in [6.07, 6.45) is 4.94. The summed E-state index contributed by atoms with van der Waals surface area (Å²) in [5.74, 6) is 1.34. The Morgan fingerprint density at radius 3 is 2.72 bits per heavy atom. The Hall–Kier alpha value is -2.68. The van der Waals surface area contributed by atoms with Crippen LogP contribution >= 0.6 is 0 Å². The standard InChI is InChI=1S/C21H27N5O3/c1-15-12-17(26(28)22-2)6-7-18(15)25-10-11-29-19-13-16(14-23-20(19)25)21(27)24-8-4-3-5-9-24/h6-7,12-14,22,26H,3-5,8-11H2,1-2H3. The molecule has 0 radical (unpaired) electrons. The van der Waals surface area contributed by atoms with Crippen LogP contribution in [0.2, 0.25) is 0 Å². The lowest BCUT2D eigenvalue weighted by Gasteiger charge is -2.32. The summed E-state index contributed by atoms with van der Waals surface area (Å²) in [4.78, 5) is 21.4. The molecule has 3 heterocycles. The molecule has 2 N–H and O–H groups in total. The van der Waals surface area contributed by atoms with Crippen molar-refractivity contribution < 1.29 is 14.7 Å². The van der Waals surface area contributed by atoms with E-state index >= 15 is 0 Å². The second-order valence-electron chi connectivity index (χ2n) is 7.48. The van der Waals surface area contributed by atoms with Crippen LogP contribution in [0.5, 0.6) is 5.75 Å². The van der Waals surface area contributed by atoms with Gasteiger partial charge < -0.3 is 19.7 Å². The van der Waals surface area contributed by atoms with Gasteiger partial charge in [-0.1, -0.05) is 0 Å². The van der Waals surface area contributed by atoms with Gasteiger partial charge in [-0.05, 0) is 43.9 Å². The number of quaternary nitrogens is 1. The fourth-order valence-corrected chi connectivity index (χ4v) is 3.97. The van der Waals surface area contributed by atoms with Gasteiger partial charge in [0.1, 0.15) is 6.61 Å². The van der Waals surface area contributed by atoms with E-state index in [4.69, 9.17) is 4.74 Å². The summed E-state index contributed by atoms with van der Waals surface area (Å²) in [6, 6.07) is 7.42. The molecule has 29 heavy (non-hydrogen) atoms. The van der Waals surface area contributed by atoms with Crippen molar-refractivity contribution in [3.8, 4) is 5.75 Å². The van der Waals surface area contributed by atoms with E-state index in [0.29, 0.717) is 36.0 Å². The highest BCUT2D eigenvalue weighted by Gasteiger charge is 2.26. The number of likely N-dealkylation sites (tertiary alicyclic amines) is 1. The van der Waals surface area contributed by atoms with Crippen molar-refractivity contribution in [3.63, 3.8) is 0 Å². The van der Waals surface area contributed by atoms with Crippen LogP contribution in [0.25, 0.3) is 0 Å². The summed E-state index contributed by atoms with van der Waals surface area (Å²) < 4.78 is 5.83. The topological polar surface area (TPSA) is 85.2 Å². The molecule has 154 valence electrons.